The van der Waals surface area contributed by atoms with Crippen molar-refractivity contribution in [1.82, 2.24) is 4.57 Å². The summed E-state index contributed by atoms with van der Waals surface area (Å²) in [5.41, 5.74) is 1.94. The quantitative estimate of drug-likeness (QED) is 0.878. The lowest BCUT2D eigenvalue weighted by molar-refractivity contribution is 0.0694. The van der Waals surface area contributed by atoms with Crippen molar-refractivity contribution >= 4 is 28.5 Å². The average molecular weight is 292 g/mol. The number of carboxylic acid groups (broad SMARTS) is 1. The van der Waals surface area contributed by atoms with Gasteiger partial charge >= 0.3 is 5.97 Å². The maximum atomic E-state index is 12.3. The smallest absolute Gasteiger partial charge is 0.341 e. The number of benzene rings is 1. The van der Waals surface area contributed by atoms with Crippen LogP contribution in [-0.2, 0) is 6.42 Å². The van der Waals surface area contributed by atoms with Gasteiger partial charge in [-0.25, -0.2) is 4.79 Å². The number of pyridine rings is 1. The van der Waals surface area contributed by atoms with Crippen LogP contribution in [0, 0.1) is 6.92 Å². The molecule has 0 bridgehead atoms. The van der Waals surface area contributed by atoms with E-state index < -0.39 is 11.4 Å². The molecule has 1 aliphatic heterocycles. The van der Waals surface area contributed by atoms with Crippen molar-refractivity contribution in [3.8, 4) is 0 Å². The summed E-state index contributed by atoms with van der Waals surface area (Å²) in [6.07, 6.45) is 3.14. The highest BCUT2D eigenvalue weighted by atomic mass is 35.5. The summed E-state index contributed by atoms with van der Waals surface area (Å²) < 4.78 is 1.88. The minimum Gasteiger partial charge on any atom is -0.477 e. The predicted molar refractivity (Wildman–Crippen MR) is 77.9 cm³/mol. The van der Waals surface area contributed by atoms with E-state index in [1.54, 1.807) is 6.07 Å². The molecule has 3 rings (SSSR count). The number of rotatable bonds is 1. The van der Waals surface area contributed by atoms with Crippen molar-refractivity contribution in [1.29, 1.82) is 0 Å². The number of hydrogen-bond donors (Lipinski definition) is 1. The molecule has 1 N–H and O–H groups in total. The molecule has 1 aromatic carbocycles. The molecule has 1 atom stereocenters. The van der Waals surface area contributed by atoms with Crippen LogP contribution in [-0.4, -0.2) is 15.6 Å². The molecule has 0 saturated carbocycles. The van der Waals surface area contributed by atoms with Gasteiger partial charge in [0.2, 0.25) is 5.43 Å². The van der Waals surface area contributed by atoms with Gasteiger partial charge in [0, 0.05) is 22.6 Å². The Bertz CT molecular complexity index is 807. The fraction of sp³-hybridized carbons (Fsp3) is 0.333. The molecule has 5 heteroatoms. The van der Waals surface area contributed by atoms with E-state index in [4.69, 9.17) is 11.6 Å². The lowest BCUT2D eigenvalue weighted by atomic mass is 9.94. The zero-order valence-electron chi connectivity index (χ0n) is 11.2. The first-order chi connectivity index (χ1) is 9.41. The molecule has 4 nitrogen and oxygen atoms in total. The molecule has 0 radical (unpaired) electrons. The van der Waals surface area contributed by atoms with E-state index in [1.165, 1.54) is 6.20 Å². The highest BCUT2D eigenvalue weighted by molar-refractivity contribution is 6.33. The van der Waals surface area contributed by atoms with Crippen molar-refractivity contribution in [3.63, 3.8) is 0 Å². The maximum Gasteiger partial charge on any atom is 0.341 e. The summed E-state index contributed by atoms with van der Waals surface area (Å²) in [4.78, 5) is 23.6. The van der Waals surface area contributed by atoms with Crippen LogP contribution in [0.15, 0.2) is 17.1 Å². The standard InChI is InChI=1S/C15H14ClNO3/c1-7-5-10-13-9(12(7)16)4-3-8(2)17(13)6-11(14(10)18)15(19)20/h5-6,8H,3-4H2,1-2H3,(H,19,20). The number of aryl methyl sites for hydroxylation is 2. The fourth-order valence-electron chi connectivity index (χ4n) is 2.95. The molecule has 1 aliphatic rings. The molecule has 20 heavy (non-hydrogen) atoms. The Morgan fingerprint density at radius 2 is 2.20 bits per heavy atom. The van der Waals surface area contributed by atoms with Gasteiger partial charge in [0.25, 0.3) is 0 Å². The summed E-state index contributed by atoms with van der Waals surface area (Å²) in [5.74, 6) is -1.19. The Labute approximate surface area is 120 Å². The summed E-state index contributed by atoms with van der Waals surface area (Å²) in [6.45, 7) is 3.86. The molecule has 104 valence electrons. The molecule has 0 spiro atoms. The van der Waals surface area contributed by atoms with Crippen LogP contribution in [0.4, 0.5) is 0 Å². The number of carbonyl (C=O) groups is 1. The van der Waals surface area contributed by atoms with Gasteiger partial charge in [-0.05, 0) is 43.9 Å². The normalized spacial score (nSPS) is 17.4. The molecule has 1 aromatic heterocycles. The third kappa shape index (κ3) is 1.68. The molecule has 0 saturated heterocycles. The zero-order chi connectivity index (χ0) is 14.6. The van der Waals surface area contributed by atoms with Crippen molar-refractivity contribution in [2.45, 2.75) is 32.7 Å². The molecule has 2 aromatic rings. The van der Waals surface area contributed by atoms with Crippen LogP contribution < -0.4 is 5.43 Å². The molecule has 2 heterocycles. The van der Waals surface area contributed by atoms with Gasteiger partial charge in [-0.3, -0.25) is 4.79 Å². The third-order valence-corrected chi connectivity index (χ3v) is 4.57. The van der Waals surface area contributed by atoms with Gasteiger partial charge in [0.05, 0.1) is 5.52 Å². The third-order valence-electron chi connectivity index (χ3n) is 4.05. The Hall–Kier alpha value is -1.81. The fourth-order valence-corrected chi connectivity index (χ4v) is 3.19. The highest BCUT2D eigenvalue weighted by Crippen LogP contribution is 2.35. The zero-order valence-corrected chi connectivity index (χ0v) is 12.0. The lowest BCUT2D eigenvalue weighted by Gasteiger charge is -2.27. The van der Waals surface area contributed by atoms with Crippen LogP contribution in [0.3, 0.4) is 0 Å². The van der Waals surface area contributed by atoms with E-state index in [2.05, 4.69) is 0 Å². The second-order valence-corrected chi connectivity index (χ2v) is 5.73. The van der Waals surface area contributed by atoms with Crippen LogP contribution in [0.1, 0.15) is 40.9 Å². The molecular formula is C15H14ClNO3. The Kier molecular flexibility index (Phi) is 2.87. The number of aromatic carboxylic acids is 1. The Morgan fingerprint density at radius 1 is 1.50 bits per heavy atom. The van der Waals surface area contributed by atoms with Crippen LogP contribution in [0.5, 0.6) is 0 Å². The van der Waals surface area contributed by atoms with Gasteiger partial charge in [-0.15, -0.1) is 0 Å². The van der Waals surface area contributed by atoms with Gasteiger partial charge < -0.3 is 9.67 Å². The molecular weight excluding hydrogens is 278 g/mol. The molecule has 0 amide bonds. The number of aromatic nitrogens is 1. The van der Waals surface area contributed by atoms with Gasteiger partial charge in [0.15, 0.2) is 0 Å². The molecule has 1 unspecified atom stereocenters. The van der Waals surface area contributed by atoms with Crippen molar-refractivity contribution < 1.29 is 9.90 Å². The maximum absolute atomic E-state index is 12.3. The first kappa shape index (κ1) is 13.2. The minimum absolute atomic E-state index is 0.155. The summed E-state index contributed by atoms with van der Waals surface area (Å²) >= 11 is 6.35. The highest BCUT2D eigenvalue weighted by Gasteiger charge is 2.24. The van der Waals surface area contributed by atoms with Gasteiger partial charge in [-0.1, -0.05) is 11.6 Å². The molecule has 0 aliphatic carbocycles. The van der Waals surface area contributed by atoms with Gasteiger partial charge in [0.1, 0.15) is 5.56 Å². The van der Waals surface area contributed by atoms with Crippen molar-refractivity contribution in [3.05, 3.63) is 44.2 Å². The second kappa shape index (κ2) is 4.35. The van der Waals surface area contributed by atoms with E-state index in [-0.39, 0.29) is 11.6 Å². The summed E-state index contributed by atoms with van der Waals surface area (Å²) in [7, 11) is 0. The van der Waals surface area contributed by atoms with E-state index in [0.717, 1.165) is 29.5 Å². The summed E-state index contributed by atoms with van der Waals surface area (Å²) in [6, 6.07) is 1.85. The van der Waals surface area contributed by atoms with Gasteiger partial charge in [-0.2, -0.15) is 0 Å². The molecule has 0 fully saturated rings. The summed E-state index contributed by atoms with van der Waals surface area (Å²) in [5, 5.41) is 10.3. The van der Waals surface area contributed by atoms with Crippen LogP contribution in [0.2, 0.25) is 5.02 Å². The van der Waals surface area contributed by atoms with Crippen molar-refractivity contribution in [2.75, 3.05) is 0 Å². The minimum atomic E-state index is -1.19. The van der Waals surface area contributed by atoms with E-state index in [9.17, 15) is 14.7 Å². The van der Waals surface area contributed by atoms with Crippen LogP contribution >= 0.6 is 11.6 Å². The number of halogens is 1. The SMILES string of the molecule is Cc1cc2c(=O)c(C(=O)O)cn3c2c(c1Cl)CCC3C. The average Bonchev–Trinajstić information content (AvgIpc) is 2.39. The van der Waals surface area contributed by atoms with Crippen molar-refractivity contribution in [2.24, 2.45) is 0 Å². The number of hydrogen-bond acceptors (Lipinski definition) is 2. The monoisotopic (exact) mass is 291 g/mol. The number of nitrogens with zero attached hydrogens (tertiary/aromatic N) is 1. The van der Waals surface area contributed by atoms with E-state index in [1.807, 2.05) is 18.4 Å². The topological polar surface area (TPSA) is 59.3 Å². The Morgan fingerprint density at radius 3 is 2.85 bits per heavy atom. The first-order valence-electron chi connectivity index (χ1n) is 6.52. The lowest BCUT2D eigenvalue weighted by Crippen LogP contribution is -2.24. The number of carboxylic acids is 1. The van der Waals surface area contributed by atoms with E-state index >= 15 is 0 Å². The van der Waals surface area contributed by atoms with E-state index in [0.29, 0.717) is 10.4 Å². The second-order valence-electron chi connectivity index (χ2n) is 5.35. The van der Waals surface area contributed by atoms with Crippen LogP contribution in [0.25, 0.3) is 10.9 Å². The Balaban J connectivity index is 2.57. The predicted octanol–water partition coefficient (Wildman–Crippen LogP) is 3.17. The first-order valence-corrected chi connectivity index (χ1v) is 6.89. The largest absolute Gasteiger partial charge is 0.477 e.